The summed E-state index contributed by atoms with van der Waals surface area (Å²) in [6.07, 6.45) is 0.448. The van der Waals surface area contributed by atoms with Gasteiger partial charge in [0.25, 0.3) is 0 Å². The third-order valence-electron chi connectivity index (χ3n) is 8.52. The predicted octanol–water partition coefficient (Wildman–Crippen LogP) is 12.4. The highest BCUT2D eigenvalue weighted by Gasteiger charge is 2.49. The molecular formula is C40H28N5O6P3. The second kappa shape index (κ2) is 13.6. The second-order valence-corrected chi connectivity index (χ2v) is 18.5. The van der Waals surface area contributed by atoms with Gasteiger partial charge in [-0.2, -0.15) is 10.5 Å². The average molecular weight is 768 g/mol. The van der Waals surface area contributed by atoms with Crippen LogP contribution < -0.4 is 27.1 Å². The number of benzene rings is 6. The van der Waals surface area contributed by atoms with E-state index in [0.717, 1.165) is 33.4 Å². The minimum absolute atomic E-state index is 0.224. The van der Waals surface area contributed by atoms with Crippen LogP contribution in [0.4, 0.5) is 0 Å². The van der Waals surface area contributed by atoms with Gasteiger partial charge in [-0.1, -0.05) is 86.3 Å². The van der Waals surface area contributed by atoms with Crippen LogP contribution in [0, 0.1) is 22.7 Å². The molecule has 8 bridgehead atoms. The largest absolute Gasteiger partial charge is 0.460 e. The molecule has 0 aromatic heterocycles. The zero-order valence-electron chi connectivity index (χ0n) is 28.3. The Balaban J connectivity index is 1.33. The molecule has 0 fully saturated rings. The standard InChI is InChI=1S/C40H28N5O6P3/c41-27-25-29-1-13-35(14-2-29)46-52(47-36-15-3-30(4-16-36)26-28-42)43-53(48-37-17-5-31(6-18-37)32-7-19-38(49-53)20-8-32)45-54(44-52)50-39-21-9-33(10-22-39)34-11-23-40(51-54)24-12-34/h1-24H,25-26H2. The maximum atomic E-state index is 9.31. The molecule has 0 N–H and O–H groups in total. The van der Waals surface area contributed by atoms with Crippen molar-refractivity contribution in [3.63, 3.8) is 0 Å². The molecule has 0 unspecified atom stereocenters. The fraction of sp³-hybridized carbons (Fsp3) is 0.0500. The smallest absolute Gasteiger partial charge is 0.413 e. The highest BCUT2D eigenvalue weighted by atomic mass is 31.3. The Bertz CT molecular complexity index is 2370. The summed E-state index contributed by atoms with van der Waals surface area (Å²) in [6.45, 7) is 0. The Morgan fingerprint density at radius 1 is 0.407 bits per heavy atom. The summed E-state index contributed by atoms with van der Waals surface area (Å²) in [7, 11) is -12.0. The van der Waals surface area contributed by atoms with Crippen molar-refractivity contribution >= 4 is 23.0 Å². The van der Waals surface area contributed by atoms with Crippen molar-refractivity contribution < 1.29 is 27.1 Å². The summed E-state index contributed by atoms with van der Waals surface area (Å²) in [5, 5.41) is 18.6. The van der Waals surface area contributed by atoms with E-state index in [1.165, 1.54) is 0 Å². The van der Waals surface area contributed by atoms with Crippen LogP contribution in [0.15, 0.2) is 159 Å². The van der Waals surface area contributed by atoms with E-state index < -0.39 is 23.0 Å². The van der Waals surface area contributed by atoms with Crippen molar-refractivity contribution in [2.24, 2.45) is 13.5 Å². The van der Waals surface area contributed by atoms with Gasteiger partial charge in [-0.3, -0.25) is 0 Å². The molecule has 9 heterocycles. The Hall–Kier alpha value is -6.21. The van der Waals surface area contributed by atoms with Crippen LogP contribution in [0.25, 0.3) is 22.3 Å². The van der Waals surface area contributed by atoms with Crippen LogP contribution in [0.2, 0.25) is 0 Å². The lowest BCUT2D eigenvalue weighted by molar-refractivity contribution is 0.443. The van der Waals surface area contributed by atoms with Crippen molar-refractivity contribution in [2.75, 3.05) is 0 Å². The molecule has 14 heteroatoms. The SMILES string of the molecule is N#CCc1ccc(OP2(Oc3ccc(CC#N)cc3)=NP3(=NP4(=N2)Oc2ccc(cc2)-c2ccc(cc2)O4)Oc2ccc(cc2)-c2ccc(cc2)O3)cc1. The van der Waals surface area contributed by atoms with E-state index in [2.05, 4.69) is 12.1 Å². The molecule has 15 rings (SSSR count). The molecule has 11 nitrogen and oxygen atoms in total. The quantitative estimate of drug-likeness (QED) is 0.153. The number of hydrogen-bond acceptors (Lipinski definition) is 11. The maximum Gasteiger partial charge on any atom is 0.460 e. The van der Waals surface area contributed by atoms with E-state index in [1.54, 1.807) is 48.5 Å². The van der Waals surface area contributed by atoms with E-state index in [1.807, 2.05) is 97.1 Å². The molecule has 0 aliphatic carbocycles. The Labute approximate surface area is 311 Å². The summed E-state index contributed by atoms with van der Waals surface area (Å²) < 4.78 is 56.5. The van der Waals surface area contributed by atoms with E-state index in [4.69, 9.17) is 40.7 Å². The zero-order valence-corrected chi connectivity index (χ0v) is 31.0. The molecule has 0 atom stereocenters. The molecule has 9 aliphatic heterocycles. The second-order valence-electron chi connectivity index (χ2n) is 12.3. The topological polar surface area (TPSA) is 140 Å². The van der Waals surface area contributed by atoms with Crippen LogP contribution in [-0.2, 0) is 12.8 Å². The molecule has 0 saturated carbocycles. The van der Waals surface area contributed by atoms with Gasteiger partial charge in [-0.15, -0.1) is 0 Å². The average Bonchev–Trinajstić information content (AvgIpc) is 3.29. The van der Waals surface area contributed by atoms with E-state index in [9.17, 15) is 10.5 Å². The number of nitrogens with zero attached hydrogens (tertiary/aromatic N) is 5. The van der Waals surface area contributed by atoms with E-state index in [-0.39, 0.29) is 12.8 Å². The molecular weight excluding hydrogens is 739 g/mol. The van der Waals surface area contributed by atoms with Gasteiger partial charge in [0.15, 0.2) is 0 Å². The molecule has 0 radical (unpaired) electrons. The summed E-state index contributed by atoms with van der Waals surface area (Å²) in [4.78, 5) is 0. The number of rotatable bonds is 6. The molecule has 0 amide bonds. The van der Waals surface area contributed by atoms with Crippen LogP contribution >= 0.6 is 23.0 Å². The highest BCUT2D eigenvalue weighted by Crippen LogP contribution is 2.78. The fourth-order valence-electron chi connectivity index (χ4n) is 5.93. The van der Waals surface area contributed by atoms with Gasteiger partial charge in [0, 0.05) is 0 Å². The molecule has 54 heavy (non-hydrogen) atoms. The van der Waals surface area contributed by atoms with Gasteiger partial charge in [-0.25, -0.2) is 0 Å². The summed E-state index contributed by atoms with van der Waals surface area (Å²) in [6, 6.07) is 48.7. The van der Waals surface area contributed by atoms with Gasteiger partial charge in [-0.05, 0) is 106 Å². The van der Waals surface area contributed by atoms with Gasteiger partial charge < -0.3 is 27.1 Å². The van der Waals surface area contributed by atoms with Crippen LogP contribution in [0.1, 0.15) is 11.1 Å². The van der Waals surface area contributed by atoms with Crippen molar-refractivity contribution in [3.05, 3.63) is 157 Å². The number of nitriles is 2. The highest BCUT2D eigenvalue weighted by molar-refractivity contribution is 7.79. The van der Waals surface area contributed by atoms with Crippen molar-refractivity contribution in [3.8, 4) is 68.9 Å². The third kappa shape index (κ3) is 6.85. The third-order valence-corrected chi connectivity index (χ3v) is 16.6. The van der Waals surface area contributed by atoms with Crippen LogP contribution in [-0.4, -0.2) is 0 Å². The first-order valence-electron chi connectivity index (χ1n) is 16.8. The molecule has 6 aromatic rings. The first kappa shape index (κ1) is 33.6. The molecule has 6 aromatic carbocycles. The summed E-state index contributed by atoms with van der Waals surface area (Å²) in [5.74, 6) is 2.47. The Kier molecular flexibility index (Phi) is 8.49. The van der Waals surface area contributed by atoms with Gasteiger partial charge in [0.05, 0.1) is 25.0 Å². The first-order chi connectivity index (χ1) is 26.4. The molecule has 264 valence electrons. The van der Waals surface area contributed by atoms with Crippen LogP contribution in [0.3, 0.4) is 0 Å². The summed E-state index contributed by atoms with van der Waals surface area (Å²) >= 11 is 0. The molecule has 2 spiro atoms. The van der Waals surface area contributed by atoms with E-state index >= 15 is 0 Å². The minimum atomic E-state index is -4.04. The van der Waals surface area contributed by atoms with E-state index in [0.29, 0.717) is 34.5 Å². The first-order valence-corrected chi connectivity index (χ1v) is 21.4. The van der Waals surface area contributed by atoms with Gasteiger partial charge in [0.2, 0.25) is 0 Å². The minimum Gasteiger partial charge on any atom is -0.413 e. The lowest BCUT2D eigenvalue weighted by Crippen LogP contribution is -2.11. The number of hydrogen-bond donors (Lipinski definition) is 0. The molecule has 0 saturated heterocycles. The van der Waals surface area contributed by atoms with Crippen molar-refractivity contribution in [2.45, 2.75) is 12.8 Å². The lowest BCUT2D eigenvalue weighted by Gasteiger charge is -2.33. The molecule has 9 aliphatic rings. The summed E-state index contributed by atoms with van der Waals surface area (Å²) in [5.41, 5.74) is 5.58. The normalized spacial score (nSPS) is 15.9. The monoisotopic (exact) mass is 767 g/mol. The zero-order chi connectivity index (χ0) is 36.6. The fourth-order valence-corrected chi connectivity index (χ4v) is 15.0. The van der Waals surface area contributed by atoms with Crippen LogP contribution in [0.5, 0.6) is 34.5 Å². The Morgan fingerprint density at radius 3 is 1.04 bits per heavy atom. The van der Waals surface area contributed by atoms with Crippen molar-refractivity contribution in [1.82, 2.24) is 0 Å². The van der Waals surface area contributed by atoms with Gasteiger partial charge in [0.1, 0.15) is 34.5 Å². The van der Waals surface area contributed by atoms with Gasteiger partial charge >= 0.3 is 23.0 Å². The lowest BCUT2D eigenvalue weighted by atomic mass is 10.1. The van der Waals surface area contributed by atoms with Crippen molar-refractivity contribution in [1.29, 1.82) is 10.5 Å². The maximum absolute atomic E-state index is 9.31. The Morgan fingerprint density at radius 2 is 0.722 bits per heavy atom. The predicted molar refractivity (Wildman–Crippen MR) is 207 cm³/mol.